The van der Waals surface area contributed by atoms with Gasteiger partial charge in [0.2, 0.25) is 0 Å². The second kappa shape index (κ2) is 10.3. The Kier molecular flexibility index (Phi) is 6.71. The van der Waals surface area contributed by atoms with Gasteiger partial charge in [-0.3, -0.25) is 4.98 Å². The number of pyridine rings is 1. The van der Waals surface area contributed by atoms with E-state index in [0.29, 0.717) is 32.9 Å². The summed E-state index contributed by atoms with van der Waals surface area (Å²) in [7, 11) is 0. The van der Waals surface area contributed by atoms with Crippen molar-refractivity contribution in [2.75, 3.05) is 64.0 Å². The van der Waals surface area contributed by atoms with E-state index >= 15 is 0 Å². The first-order valence-corrected chi connectivity index (χ1v) is 13.2. The summed E-state index contributed by atoms with van der Waals surface area (Å²) in [5.41, 5.74) is 4.86. The molecule has 3 aromatic rings. The molecule has 0 aromatic carbocycles. The predicted octanol–water partition coefficient (Wildman–Crippen LogP) is 2.67. The Morgan fingerprint density at radius 2 is 2.08 bits per heavy atom. The summed E-state index contributed by atoms with van der Waals surface area (Å²) in [6.45, 7) is 8.27. The number of piperazine rings is 1. The van der Waals surface area contributed by atoms with Crippen LogP contribution in [0, 0.1) is 0 Å². The van der Waals surface area contributed by atoms with E-state index < -0.39 is 0 Å². The van der Waals surface area contributed by atoms with Crippen molar-refractivity contribution >= 4 is 17.3 Å². The average Bonchev–Trinajstić information content (AvgIpc) is 3.36. The molecule has 3 aliphatic rings. The molecule has 196 valence electrons. The van der Waals surface area contributed by atoms with E-state index in [9.17, 15) is 4.79 Å². The van der Waals surface area contributed by atoms with Crippen molar-refractivity contribution in [1.29, 1.82) is 0 Å². The summed E-state index contributed by atoms with van der Waals surface area (Å²) in [6, 6.07) is 8.41. The second-order valence-electron chi connectivity index (χ2n) is 9.93. The number of hydrogen-bond acceptors (Lipinski definition) is 8. The maximum Gasteiger partial charge on any atom is 0.410 e. The average molecular weight is 507 g/mol. The fraction of sp³-hybridized carbons (Fsp3) is 0.519. The topological polar surface area (TPSA) is 93.5 Å². The second-order valence-corrected chi connectivity index (χ2v) is 9.93. The molecule has 3 saturated heterocycles. The van der Waals surface area contributed by atoms with E-state index in [-0.39, 0.29) is 17.8 Å². The molecule has 6 heterocycles. The smallest absolute Gasteiger partial charge is 0.410 e. The molecule has 10 nitrogen and oxygen atoms in total. The highest BCUT2D eigenvalue weighted by Crippen LogP contribution is 2.34. The lowest BCUT2D eigenvalue weighted by molar-refractivity contribution is -0.104. The summed E-state index contributed by atoms with van der Waals surface area (Å²) >= 11 is 0. The molecule has 3 aromatic heterocycles. The molecule has 1 atom stereocenters. The molecule has 0 saturated carbocycles. The van der Waals surface area contributed by atoms with Gasteiger partial charge >= 0.3 is 6.09 Å². The molecule has 37 heavy (non-hydrogen) atoms. The molecule has 3 aliphatic heterocycles. The summed E-state index contributed by atoms with van der Waals surface area (Å²) in [5.74, 6) is 0. The minimum atomic E-state index is -0.307. The van der Waals surface area contributed by atoms with Gasteiger partial charge in [-0.25, -0.2) is 9.31 Å². The van der Waals surface area contributed by atoms with Crippen LogP contribution in [0.4, 0.5) is 10.5 Å². The fourth-order valence-electron chi connectivity index (χ4n) is 5.48. The SMILES string of the molecule is CCO[C@]1(c2ccc(-c3cc4c(N5CCN(C(=O)OC6COC6)CC5)ccnn4c3)nc2)CCCNC1. The van der Waals surface area contributed by atoms with Crippen molar-refractivity contribution in [1.82, 2.24) is 24.8 Å². The standard InChI is InChI=1S/C27H34N6O4/c1-2-36-27(7-3-8-28-19-27)21-4-5-23(29-15-21)20-14-25-24(6-9-30-33(25)16-20)31-10-12-32(13-11-31)26(34)37-22-17-35-18-22/h4-6,9,14-16,22,28H,2-3,7-8,10-13,17-19H2,1H3/t27-/m1/s1. The molecule has 10 heteroatoms. The first-order valence-electron chi connectivity index (χ1n) is 13.2. The molecule has 1 N–H and O–H groups in total. The monoisotopic (exact) mass is 506 g/mol. The van der Waals surface area contributed by atoms with Gasteiger partial charge in [-0.2, -0.15) is 5.10 Å². The van der Waals surface area contributed by atoms with Crippen LogP contribution >= 0.6 is 0 Å². The van der Waals surface area contributed by atoms with Crippen LogP contribution in [0.25, 0.3) is 16.8 Å². The van der Waals surface area contributed by atoms with Crippen LogP contribution in [-0.2, 0) is 19.8 Å². The van der Waals surface area contributed by atoms with Crippen LogP contribution in [-0.4, -0.2) is 90.8 Å². The Morgan fingerprint density at radius 3 is 2.76 bits per heavy atom. The molecule has 0 unspecified atom stereocenters. The van der Waals surface area contributed by atoms with Crippen molar-refractivity contribution in [3.8, 4) is 11.3 Å². The van der Waals surface area contributed by atoms with Gasteiger partial charge in [-0.05, 0) is 44.5 Å². The molecule has 0 radical (unpaired) electrons. The van der Waals surface area contributed by atoms with E-state index in [1.807, 2.05) is 36.1 Å². The fourth-order valence-corrected chi connectivity index (χ4v) is 5.48. The number of nitrogens with zero attached hydrogens (tertiary/aromatic N) is 5. The maximum atomic E-state index is 12.4. The number of rotatable bonds is 6. The van der Waals surface area contributed by atoms with E-state index in [2.05, 4.69) is 33.5 Å². The van der Waals surface area contributed by atoms with Gasteiger partial charge in [0, 0.05) is 69.0 Å². The number of nitrogens with one attached hydrogen (secondary N) is 1. The van der Waals surface area contributed by atoms with Gasteiger partial charge in [0.15, 0.2) is 6.10 Å². The molecule has 0 spiro atoms. The Morgan fingerprint density at radius 1 is 1.22 bits per heavy atom. The molecule has 0 bridgehead atoms. The highest BCUT2D eigenvalue weighted by molar-refractivity contribution is 5.79. The molecule has 1 amide bonds. The van der Waals surface area contributed by atoms with Crippen molar-refractivity contribution in [2.45, 2.75) is 31.5 Å². The Balaban J connectivity index is 1.18. The minimum absolute atomic E-state index is 0.101. The van der Waals surface area contributed by atoms with Crippen LogP contribution in [0.15, 0.2) is 42.9 Å². The van der Waals surface area contributed by atoms with Gasteiger partial charge in [0.1, 0.15) is 5.60 Å². The third kappa shape index (κ3) is 4.76. The Bertz CT molecular complexity index is 1220. The molecule has 6 rings (SSSR count). The van der Waals surface area contributed by atoms with Crippen LogP contribution in [0.1, 0.15) is 25.3 Å². The van der Waals surface area contributed by atoms with Crippen molar-refractivity contribution in [3.63, 3.8) is 0 Å². The first kappa shape index (κ1) is 24.1. The normalized spacial score (nSPS) is 22.7. The highest BCUT2D eigenvalue weighted by atomic mass is 16.6. The van der Waals surface area contributed by atoms with Gasteiger partial charge in [-0.1, -0.05) is 6.07 Å². The highest BCUT2D eigenvalue weighted by Gasteiger charge is 2.35. The number of hydrogen-bond donors (Lipinski definition) is 1. The summed E-state index contributed by atoms with van der Waals surface area (Å²) in [6.07, 6.45) is 7.54. The van der Waals surface area contributed by atoms with Crippen molar-refractivity contribution < 1.29 is 19.0 Å². The van der Waals surface area contributed by atoms with Crippen LogP contribution in [0.3, 0.4) is 0 Å². The van der Waals surface area contributed by atoms with E-state index in [0.717, 1.165) is 67.0 Å². The van der Waals surface area contributed by atoms with E-state index in [1.54, 1.807) is 4.90 Å². The zero-order chi connectivity index (χ0) is 25.2. The zero-order valence-corrected chi connectivity index (χ0v) is 21.3. The van der Waals surface area contributed by atoms with Crippen LogP contribution in [0.5, 0.6) is 0 Å². The number of carbonyl (C=O) groups is 1. The number of fused-ring (bicyclic) bond motifs is 1. The van der Waals surface area contributed by atoms with Gasteiger partial charge in [-0.15, -0.1) is 0 Å². The summed E-state index contributed by atoms with van der Waals surface area (Å²) in [5, 5.41) is 8.02. The molecule has 0 aliphatic carbocycles. The lowest BCUT2D eigenvalue weighted by Crippen LogP contribution is -2.51. The van der Waals surface area contributed by atoms with Crippen LogP contribution < -0.4 is 10.2 Å². The molecular formula is C27H34N6O4. The van der Waals surface area contributed by atoms with Gasteiger partial charge in [0.05, 0.1) is 30.1 Å². The van der Waals surface area contributed by atoms with Crippen molar-refractivity contribution in [3.05, 3.63) is 48.4 Å². The molecule has 3 fully saturated rings. The Labute approximate surface area is 216 Å². The van der Waals surface area contributed by atoms with E-state index in [1.165, 1.54) is 0 Å². The summed E-state index contributed by atoms with van der Waals surface area (Å²) in [4.78, 5) is 21.3. The first-order chi connectivity index (χ1) is 18.1. The number of aromatic nitrogens is 3. The number of anilines is 1. The maximum absolute atomic E-state index is 12.4. The third-order valence-electron chi connectivity index (χ3n) is 7.59. The van der Waals surface area contributed by atoms with Crippen LogP contribution in [0.2, 0.25) is 0 Å². The third-order valence-corrected chi connectivity index (χ3v) is 7.59. The minimum Gasteiger partial charge on any atom is -0.441 e. The van der Waals surface area contributed by atoms with Gasteiger partial charge in [0.25, 0.3) is 0 Å². The summed E-state index contributed by atoms with van der Waals surface area (Å²) < 4.78 is 18.7. The number of amides is 1. The lowest BCUT2D eigenvalue weighted by atomic mass is 9.87. The lowest BCUT2D eigenvalue weighted by Gasteiger charge is -2.37. The van der Waals surface area contributed by atoms with E-state index in [4.69, 9.17) is 19.2 Å². The zero-order valence-electron chi connectivity index (χ0n) is 21.3. The number of piperidine rings is 1. The van der Waals surface area contributed by atoms with Crippen molar-refractivity contribution in [2.24, 2.45) is 0 Å². The Hall–Kier alpha value is -3.21. The quantitative estimate of drug-likeness (QED) is 0.546. The largest absolute Gasteiger partial charge is 0.441 e. The number of carbonyl (C=O) groups excluding carboxylic acids is 1. The van der Waals surface area contributed by atoms with Gasteiger partial charge < -0.3 is 29.3 Å². The predicted molar refractivity (Wildman–Crippen MR) is 139 cm³/mol. The number of ether oxygens (including phenoxy) is 3. The molecular weight excluding hydrogens is 472 g/mol.